The van der Waals surface area contributed by atoms with E-state index in [1.807, 2.05) is 0 Å². The van der Waals surface area contributed by atoms with Crippen molar-refractivity contribution in [3.8, 4) is 5.88 Å². The average Bonchev–Trinajstić information content (AvgIpc) is 3.01. The molecule has 1 spiro atoms. The molecule has 0 bridgehead atoms. The normalized spacial score (nSPS) is 18.8. The summed E-state index contributed by atoms with van der Waals surface area (Å²) in [5.74, 6) is -0.580. The number of alkyl halides is 3. The summed E-state index contributed by atoms with van der Waals surface area (Å²) in [7, 11) is 0. The van der Waals surface area contributed by atoms with Crippen molar-refractivity contribution in [3.05, 3.63) is 23.9 Å². The molecule has 1 amide bonds. The summed E-state index contributed by atoms with van der Waals surface area (Å²) >= 11 is 0. The Labute approximate surface area is 162 Å². The van der Waals surface area contributed by atoms with Gasteiger partial charge in [0.1, 0.15) is 5.56 Å². The van der Waals surface area contributed by atoms with Gasteiger partial charge in [-0.05, 0) is 43.4 Å². The highest BCUT2D eigenvalue weighted by Crippen LogP contribution is 2.37. The van der Waals surface area contributed by atoms with Gasteiger partial charge in [-0.25, -0.2) is 4.98 Å². The third-order valence-corrected chi connectivity index (χ3v) is 4.82. The summed E-state index contributed by atoms with van der Waals surface area (Å²) in [6.07, 6.45) is -0.222. The lowest BCUT2D eigenvalue weighted by molar-refractivity contribution is -0.154. The maximum absolute atomic E-state index is 12.7. The molecule has 0 radical (unpaired) electrons. The summed E-state index contributed by atoms with van der Waals surface area (Å²) in [6.45, 7) is 1.73. The van der Waals surface area contributed by atoms with Gasteiger partial charge in [0.15, 0.2) is 6.61 Å². The van der Waals surface area contributed by atoms with Gasteiger partial charge in [0, 0.05) is 25.8 Å². The lowest BCUT2D eigenvalue weighted by Crippen LogP contribution is -2.44. The molecular weight excluding hydrogens is 394 g/mol. The molecule has 1 aromatic heterocycles. The smallest absolute Gasteiger partial charge is 0.422 e. The minimum absolute atomic E-state index is 0. The topological polar surface area (TPSA) is 54.5 Å². The summed E-state index contributed by atoms with van der Waals surface area (Å²) < 4.78 is 41.7. The number of piperidine rings is 1. The molecule has 0 saturated carbocycles. The van der Waals surface area contributed by atoms with E-state index in [1.165, 1.54) is 18.3 Å². The maximum Gasteiger partial charge on any atom is 0.422 e. The number of nitrogens with zero attached hydrogens (tertiary/aromatic N) is 2. The molecule has 0 unspecified atom stereocenters. The van der Waals surface area contributed by atoms with Crippen LogP contribution >= 0.6 is 24.8 Å². The lowest BCUT2D eigenvalue weighted by Gasteiger charge is -2.39. The molecular formula is C16H22Cl2F3N3O2. The molecule has 0 aromatic carbocycles. The summed E-state index contributed by atoms with van der Waals surface area (Å²) in [5, 5.41) is 3.36. The van der Waals surface area contributed by atoms with Crippen molar-refractivity contribution in [3.63, 3.8) is 0 Å². The fourth-order valence-corrected chi connectivity index (χ4v) is 3.40. The first-order valence-electron chi connectivity index (χ1n) is 8.03. The quantitative estimate of drug-likeness (QED) is 0.823. The van der Waals surface area contributed by atoms with Gasteiger partial charge >= 0.3 is 6.18 Å². The van der Waals surface area contributed by atoms with E-state index in [1.54, 1.807) is 4.90 Å². The number of ether oxygens (including phenoxy) is 1. The van der Waals surface area contributed by atoms with E-state index in [0.717, 1.165) is 32.4 Å². The van der Waals surface area contributed by atoms with E-state index in [-0.39, 0.29) is 47.6 Å². The van der Waals surface area contributed by atoms with Crippen molar-refractivity contribution >= 4 is 30.7 Å². The zero-order valence-electron chi connectivity index (χ0n) is 14.1. The number of amides is 1. The van der Waals surface area contributed by atoms with Crippen LogP contribution in [0.2, 0.25) is 0 Å². The summed E-state index contributed by atoms with van der Waals surface area (Å²) in [4.78, 5) is 18.1. The standard InChI is InChI=1S/C16H20F3N3O2.2ClH/c17-16(18,19)11-24-13-12(2-1-6-21-13)14(23)22-8-4-15(5-9-22)3-7-20-10-15;;/h1-2,6,20H,3-5,7-11H2;2*1H. The minimum atomic E-state index is -4.47. The van der Waals surface area contributed by atoms with Gasteiger partial charge in [0.05, 0.1) is 0 Å². The van der Waals surface area contributed by atoms with E-state index in [0.29, 0.717) is 13.1 Å². The summed E-state index contributed by atoms with van der Waals surface area (Å²) in [6, 6.07) is 2.99. The number of nitrogens with one attached hydrogen (secondary N) is 1. The monoisotopic (exact) mass is 415 g/mol. The number of hydrogen-bond acceptors (Lipinski definition) is 4. The second-order valence-corrected chi connectivity index (χ2v) is 6.48. The third kappa shape index (κ3) is 5.37. The Morgan fingerprint density at radius 1 is 1.27 bits per heavy atom. The molecule has 2 saturated heterocycles. The van der Waals surface area contributed by atoms with Crippen LogP contribution in [-0.2, 0) is 0 Å². The molecule has 2 fully saturated rings. The first kappa shape index (κ1) is 22.8. The number of likely N-dealkylation sites (tertiary alicyclic amines) is 1. The molecule has 0 atom stereocenters. The molecule has 2 aliphatic rings. The van der Waals surface area contributed by atoms with E-state index >= 15 is 0 Å². The average molecular weight is 416 g/mol. The van der Waals surface area contributed by atoms with Gasteiger partial charge in [-0.1, -0.05) is 0 Å². The number of halogens is 5. The van der Waals surface area contributed by atoms with Gasteiger partial charge in [-0.3, -0.25) is 4.79 Å². The number of carbonyl (C=O) groups excluding carboxylic acids is 1. The number of hydrogen-bond donors (Lipinski definition) is 1. The highest BCUT2D eigenvalue weighted by molar-refractivity contribution is 5.96. The van der Waals surface area contributed by atoms with Crippen LogP contribution in [-0.4, -0.2) is 54.8 Å². The molecule has 2 aliphatic heterocycles. The Kier molecular flexibility index (Phi) is 7.98. The molecule has 26 heavy (non-hydrogen) atoms. The molecule has 5 nitrogen and oxygen atoms in total. The van der Waals surface area contributed by atoms with E-state index in [9.17, 15) is 18.0 Å². The fraction of sp³-hybridized carbons (Fsp3) is 0.625. The fourth-order valence-electron chi connectivity index (χ4n) is 3.40. The van der Waals surface area contributed by atoms with Gasteiger partial charge in [0.2, 0.25) is 5.88 Å². The molecule has 1 N–H and O–H groups in total. The van der Waals surface area contributed by atoms with Crippen LogP contribution in [0.3, 0.4) is 0 Å². The molecule has 0 aliphatic carbocycles. The Hall–Kier alpha value is -1.25. The molecule has 10 heteroatoms. The van der Waals surface area contributed by atoms with Gasteiger partial charge in [-0.2, -0.15) is 13.2 Å². The molecule has 1 aromatic rings. The van der Waals surface area contributed by atoms with Gasteiger partial charge in [0.25, 0.3) is 5.91 Å². The minimum Gasteiger partial charge on any atom is -0.467 e. The lowest BCUT2D eigenvalue weighted by atomic mass is 9.78. The number of pyridine rings is 1. The maximum atomic E-state index is 12.7. The molecule has 3 heterocycles. The van der Waals surface area contributed by atoms with E-state index in [2.05, 4.69) is 10.3 Å². The zero-order valence-corrected chi connectivity index (χ0v) is 15.7. The zero-order chi connectivity index (χ0) is 17.2. The van der Waals surface area contributed by atoms with Crippen LogP contribution in [0.25, 0.3) is 0 Å². The molecule has 148 valence electrons. The Bertz CT molecular complexity index is 601. The predicted molar refractivity (Wildman–Crippen MR) is 95.3 cm³/mol. The van der Waals surface area contributed by atoms with Crippen LogP contribution in [0.15, 0.2) is 18.3 Å². The van der Waals surface area contributed by atoms with Crippen molar-refractivity contribution in [1.82, 2.24) is 15.2 Å². The predicted octanol–water partition coefficient (Wildman–Crippen LogP) is 3.08. The first-order valence-corrected chi connectivity index (χ1v) is 8.03. The van der Waals surface area contributed by atoms with Crippen molar-refractivity contribution < 1.29 is 22.7 Å². The number of aromatic nitrogens is 1. The third-order valence-electron chi connectivity index (χ3n) is 4.82. The van der Waals surface area contributed by atoms with E-state index in [4.69, 9.17) is 4.74 Å². The first-order chi connectivity index (χ1) is 11.4. The number of carbonyl (C=O) groups is 1. The van der Waals surface area contributed by atoms with Crippen LogP contribution in [0.1, 0.15) is 29.6 Å². The Morgan fingerprint density at radius 3 is 2.54 bits per heavy atom. The van der Waals surface area contributed by atoms with E-state index < -0.39 is 12.8 Å². The van der Waals surface area contributed by atoms with Crippen molar-refractivity contribution in [2.75, 3.05) is 32.8 Å². The Morgan fingerprint density at radius 2 is 1.96 bits per heavy atom. The highest BCUT2D eigenvalue weighted by atomic mass is 35.5. The van der Waals surface area contributed by atoms with Crippen LogP contribution in [0, 0.1) is 5.41 Å². The van der Waals surface area contributed by atoms with Crippen LogP contribution in [0.4, 0.5) is 13.2 Å². The second-order valence-electron chi connectivity index (χ2n) is 6.48. The second kappa shape index (κ2) is 9.10. The summed E-state index contributed by atoms with van der Waals surface area (Å²) in [5.41, 5.74) is 0.351. The van der Waals surface area contributed by atoms with Crippen molar-refractivity contribution in [1.29, 1.82) is 0 Å². The number of rotatable bonds is 3. The van der Waals surface area contributed by atoms with Crippen molar-refractivity contribution in [2.45, 2.75) is 25.4 Å². The largest absolute Gasteiger partial charge is 0.467 e. The molecule has 3 rings (SSSR count). The van der Waals surface area contributed by atoms with Crippen molar-refractivity contribution in [2.24, 2.45) is 5.41 Å². The highest BCUT2D eigenvalue weighted by Gasteiger charge is 2.38. The van der Waals surface area contributed by atoms with Gasteiger partial charge in [-0.15, -0.1) is 24.8 Å². The SMILES string of the molecule is Cl.Cl.O=C(c1cccnc1OCC(F)(F)F)N1CCC2(CCNC2)CC1. The Balaban J connectivity index is 0.00000169. The van der Waals surface area contributed by atoms with Crippen LogP contribution in [0.5, 0.6) is 5.88 Å². The van der Waals surface area contributed by atoms with Gasteiger partial charge < -0.3 is 15.0 Å². The van der Waals surface area contributed by atoms with Crippen LogP contribution < -0.4 is 10.1 Å².